The Labute approximate surface area is 54.0 Å². The van der Waals surface area contributed by atoms with E-state index in [0.29, 0.717) is 12.3 Å². The first-order valence-corrected chi connectivity index (χ1v) is 3.04. The van der Waals surface area contributed by atoms with Crippen molar-refractivity contribution in [3.8, 4) is 0 Å². The Bertz CT molecular complexity index is 84.5. The summed E-state index contributed by atoms with van der Waals surface area (Å²) < 4.78 is 0. The van der Waals surface area contributed by atoms with Crippen LogP contribution in [-0.2, 0) is 4.79 Å². The van der Waals surface area contributed by atoms with Crippen LogP contribution in [0.1, 0.15) is 13.3 Å². The lowest BCUT2D eigenvalue weighted by Gasteiger charge is -2.00. The molecule has 0 saturated heterocycles. The normalized spacial score (nSPS) is 13.2. The van der Waals surface area contributed by atoms with E-state index in [4.69, 9.17) is 17.3 Å². The fourth-order valence-electron chi connectivity index (χ4n) is 0.398. The maximum atomic E-state index is 10.1. The van der Waals surface area contributed by atoms with Gasteiger partial charge in [-0.15, -0.1) is 11.6 Å². The molecule has 1 atom stereocenters. The van der Waals surface area contributed by atoms with Crippen LogP contribution in [0.25, 0.3) is 0 Å². The van der Waals surface area contributed by atoms with E-state index in [1.165, 1.54) is 0 Å². The summed E-state index contributed by atoms with van der Waals surface area (Å²) in [6, 6.07) is 0. The zero-order chi connectivity index (χ0) is 6.57. The van der Waals surface area contributed by atoms with Gasteiger partial charge in [0.05, 0.1) is 0 Å². The highest BCUT2D eigenvalue weighted by atomic mass is 35.5. The fraction of sp³-hybridized carbons (Fsp3) is 0.800. The van der Waals surface area contributed by atoms with Gasteiger partial charge in [-0.1, -0.05) is 6.92 Å². The minimum absolute atomic E-state index is 0.217. The van der Waals surface area contributed by atoms with Crippen LogP contribution in [0.2, 0.25) is 0 Å². The van der Waals surface area contributed by atoms with E-state index in [2.05, 4.69) is 0 Å². The van der Waals surface area contributed by atoms with Crippen molar-refractivity contribution in [1.82, 2.24) is 0 Å². The molecule has 8 heavy (non-hydrogen) atoms. The molecule has 0 spiro atoms. The second kappa shape index (κ2) is 3.72. The highest BCUT2D eigenvalue weighted by Gasteiger charge is 2.02. The molecule has 0 rings (SSSR count). The van der Waals surface area contributed by atoms with Gasteiger partial charge in [0.2, 0.25) is 5.91 Å². The van der Waals surface area contributed by atoms with E-state index < -0.39 is 0 Å². The van der Waals surface area contributed by atoms with Crippen LogP contribution in [0.4, 0.5) is 0 Å². The van der Waals surface area contributed by atoms with Gasteiger partial charge in [-0.3, -0.25) is 4.79 Å². The van der Waals surface area contributed by atoms with Crippen LogP contribution in [0.15, 0.2) is 0 Å². The minimum Gasteiger partial charge on any atom is -0.370 e. The number of halogens is 1. The zero-order valence-electron chi connectivity index (χ0n) is 4.86. The van der Waals surface area contributed by atoms with Gasteiger partial charge < -0.3 is 5.73 Å². The van der Waals surface area contributed by atoms with E-state index in [1.807, 2.05) is 6.92 Å². The van der Waals surface area contributed by atoms with Gasteiger partial charge in [0.25, 0.3) is 0 Å². The monoisotopic (exact) mass is 135 g/mol. The second-order valence-corrected chi connectivity index (χ2v) is 2.24. The van der Waals surface area contributed by atoms with Crippen LogP contribution in [0.5, 0.6) is 0 Å². The first-order valence-electron chi connectivity index (χ1n) is 2.51. The first-order chi connectivity index (χ1) is 3.66. The van der Waals surface area contributed by atoms with Gasteiger partial charge in [0, 0.05) is 12.3 Å². The Hall–Kier alpha value is -0.240. The molecule has 0 fully saturated rings. The lowest BCUT2D eigenvalue weighted by molar-refractivity contribution is -0.118. The summed E-state index contributed by atoms with van der Waals surface area (Å²) in [6.45, 7) is 1.89. The van der Waals surface area contributed by atoms with Gasteiger partial charge in [0.15, 0.2) is 0 Å². The van der Waals surface area contributed by atoms with Crippen molar-refractivity contribution in [3.63, 3.8) is 0 Å². The molecule has 0 radical (unpaired) electrons. The summed E-state index contributed by atoms with van der Waals surface area (Å²) >= 11 is 5.39. The van der Waals surface area contributed by atoms with Gasteiger partial charge in [-0.25, -0.2) is 0 Å². The fourth-order valence-corrected chi connectivity index (χ4v) is 0.507. The SMILES string of the molecule is CC(CCl)CC(N)=O. The van der Waals surface area contributed by atoms with Crippen LogP contribution in [0, 0.1) is 5.92 Å². The number of amides is 1. The molecule has 0 aromatic carbocycles. The molecule has 0 saturated carbocycles. The Morgan fingerprint density at radius 3 is 2.50 bits per heavy atom. The zero-order valence-corrected chi connectivity index (χ0v) is 5.61. The standard InChI is InChI=1S/C5H10ClNO/c1-4(3-6)2-5(7)8/h4H,2-3H2,1H3,(H2,7,8). The first kappa shape index (κ1) is 7.76. The lowest BCUT2D eigenvalue weighted by atomic mass is 10.1. The predicted octanol–water partition coefficient (Wildman–Crippen LogP) is 0.737. The summed E-state index contributed by atoms with van der Waals surface area (Å²) in [7, 11) is 0. The maximum absolute atomic E-state index is 10.1. The number of carbonyl (C=O) groups excluding carboxylic acids is 1. The molecule has 2 nitrogen and oxygen atoms in total. The van der Waals surface area contributed by atoms with E-state index in [-0.39, 0.29) is 11.8 Å². The summed E-state index contributed by atoms with van der Waals surface area (Å²) in [4.78, 5) is 10.1. The molecule has 0 aromatic rings. The van der Waals surface area contributed by atoms with Crippen LogP contribution in [-0.4, -0.2) is 11.8 Å². The summed E-state index contributed by atoms with van der Waals surface area (Å²) in [5.41, 5.74) is 4.87. The third kappa shape index (κ3) is 3.93. The van der Waals surface area contributed by atoms with Crippen LogP contribution < -0.4 is 5.73 Å². The van der Waals surface area contributed by atoms with E-state index in [0.717, 1.165) is 0 Å². The van der Waals surface area contributed by atoms with Crippen molar-refractivity contribution < 1.29 is 4.79 Å². The average Bonchev–Trinajstić information content (AvgIpc) is 1.65. The number of rotatable bonds is 3. The van der Waals surface area contributed by atoms with Crippen molar-refractivity contribution >= 4 is 17.5 Å². The van der Waals surface area contributed by atoms with Gasteiger partial charge in [0.1, 0.15) is 0 Å². The predicted molar refractivity (Wildman–Crippen MR) is 33.7 cm³/mol. The van der Waals surface area contributed by atoms with Crippen molar-refractivity contribution in [2.75, 3.05) is 5.88 Å². The van der Waals surface area contributed by atoms with Gasteiger partial charge in [-0.05, 0) is 5.92 Å². The maximum Gasteiger partial charge on any atom is 0.217 e. The summed E-state index contributed by atoms with van der Waals surface area (Å²) in [5, 5.41) is 0. The molecule has 0 bridgehead atoms. The van der Waals surface area contributed by atoms with E-state index in [1.54, 1.807) is 0 Å². The molecule has 3 heteroatoms. The number of hydrogen-bond donors (Lipinski definition) is 1. The van der Waals surface area contributed by atoms with Gasteiger partial charge >= 0.3 is 0 Å². The summed E-state index contributed by atoms with van der Waals surface area (Å²) in [6.07, 6.45) is 0.392. The van der Waals surface area contributed by atoms with Gasteiger partial charge in [-0.2, -0.15) is 0 Å². The van der Waals surface area contributed by atoms with Crippen LogP contribution >= 0.6 is 11.6 Å². The molecule has 48 valence electrons. The summed E-state index contributed by atoms with van der Waals surface area (Å²) in [5.74, 6) is 0.440. The molecule has 0 aliphatic carbocycles. The Morgan fingerprint density at radius 1 is 1.88 bits per heavy atom. The highest BCUT2D eigenvalue weighted by molar-refractivity contribution is 6.18. The average molecular weight is 136 g/mol. The van der Waals surface area contributed by atoms with E-state index >= 15 is 0 Å². The van der Waals surface area contributed by atoms with Crippen molar-refractivity contribution in [3.05, 3.63) is 0 Å². The number of nitrogens with two attached hydrogens (primary N) is 1. The van der Waals surface area contributed by atoms with Crippen molar-refractivity contribution in [2.45, 2.75) is 13.3 Å². The van der Waals surface area contributed by atoms with E-state index in [9.17, 15) is 4.79 Å². The molecule has 1 unspecified atom stereocenters. The third-order valence-electron chi connectivity index (χ3n) is 0.813. The molecular weight excluding hydrogens is 126 g/mol. The molecular formula is C5H10ClNO. The lowest BCUT2D eigenvalue weighted by Crippen LogP contribution is -2.15. The number of hydrogen-bond acceptors (Lipinski definition) is 1. The molecule has 0 heterocycles. The molecule has 0 aliphatic heterocycles. The Morgan fingerprint density at radius 2 is 2.38 bits per heavy atom. The highest BCUT2D eigenvalue weighted by Crippen LogP contribution is 2.01. The Kier molecular flexibility index (Phi) is 3.61. The van der Waals surface area contributed by atoms with Crippen LogP contribution in [0.3, 0.4) is 0 Å². The molecule has 0 aromatic heterocycles. The number of primary amides is 1. The molecule has 0 aliphatic rings. The second-order valence-electron chi connectivity index (χ2n) is 1.93. The van der Waals surface area contributed by atoms with Crippen molar-refractivity contribution in [2.24, 2.45) is 11.7 Å². The molecule has 1 amide bonds. The third-order valence-corrected chi connectivity index (χ3v) is 1.34. The Balaban J connectivity index is 3.24. The quantitative estimate of drug-likeness (QED) is 0.570. The minimum atomic E-state index is -0.279. The largest absolute Gasteiger partial charge is 0.370 e. The van der Waals surface area contributed by atoms with Crippen molar-refractivity contribution in [1.29, 1.82) is 0 Å². The molecule has 2 N–H and O–H groups in total. The topological polar surface area (TPSA) is 43.1 Å². The number of carbonyl (C=O) groups is 1. The number of alkyl halides is 1. The smallest absolute Gasteiger partial charge is 0.217 e.